The molecule has 0 radical (unpaired) electrons. The highest BCUT2D eigenvalue weighted by molar-refractivity contribution is 5.92. The molecular weight excluding hydrogens is 226 g/mol. The van der Waals surface area contributed by atoms with Gasteiger partial charge in [0.05, 0.1) is 21.1 Å². The van der Waals surface area contributed by atoms with Crippen LogP contribution in [0.5, 0.6) is 0 Å². The summed E-state index contributed by atoms with van der Waals surface area (Å²) < 4.78 is -0.151. The number of hydrogen-bond acceptors (Lipinski definition) is 5. The lowest BCUT2D eigenvalue weighted by Crippen LogP contribution is -2.64. The van der Waals surface area contributed by atoms with E-state index in [-0.39, 0.29) is 4.48 Å². The molecule has 100 valence electrons. The molecule has 0 aromatic carbocycles. The largest absolute Gasteiger partial charge is 0.550 e. The minimum atomic E-state index is -2.33. The first-order valence-corrected chi connectivity index (χ1v) is 5.38. The molecule has 0 heterocycles. The van der Waals surface area contributed by atoms with Crippen molar-refractivity contribution in [2.24, 2.45) is 5.92 Å². The molecule has 0 aromatic rings. The Balaban J connectivity index is 5.39. The maximum atomic E-state index is 11.9. The van der Waals surface area contributed by atoms with Crippen LogP contribution >= 0.6 is 0 Å². The molecule has 0 aliphatic heterocycles. The van der Waals surface area contributed by atoms with E-state index in [2.05, 4.69) is 0 Å². The number of aliphatic carboxylic acids is 1. The van der Waals surface area contributed by atoms with Crippen LogP contribution in [0.15, 0.2) is 0 Å². The molecule has 0 fully saturated rings. The molecule has 0 bridgehead atoms. The predicted molar refractivity (Wildman–Crippen MR) is 58.5 cm³/mol. The van der Waals surface area contributed by atoms with Crippen molar-refractivity contribution in [3.8, 4) is 0 Å². The monoisotopic (exact) mass is 247 g/mol. The summed E-state index contributed by atoms with van der Waals surface area (Å²) in [6.45, 7) is 3.07. The van der Waals surface area contributed by atoms with Crippen molar-refractivity contribution >= 4 is 11.8 Å². The van der Waals surface area contributed by atoms with E-state index in [4.69, 9.17) is 0 Å². The Labute approximate surface area is 101 Å². The van der Waals surface area contributed by atoms with Gasteiger partial charge in [0.2, 0.25) is 11.8 Å². The number of carbonyl (C=O) groups excluding carboxylic acids is 2. The van der Waals surface area contributed by atoms with Gasteiger partial charge in [-0.25, -0.2) is 0 Å². The summed E-state index contributed by atoms with van der Waals surface area (Å²) in [6.07, 6.45) is -2.45. The van der Waals surface area contributed by atoms with E-state index < -0.39 is 35.9 Å². The van der Waals surface area contributed by atoms with Gasteiger partial charge in [0.25, 0.3) is 0 Å². The van der Waals surface area contributed by atoms with Crippen LogP contribution in [0, 0.1) is 5.92 Å². The third kappa shape index (κ3) is 3.76. The lowest BCUT2D eigenvalue weighted by atomic mass is 9.85. The maximum Gasteiger partial charge on any atom is 0.227 e. The number of nitrogens with zero attached hydrogens (tertiary/aromatic N) is 1. The summed E-state index contributed by atoms with van der Waals surface area (Å²) in [5.41, 5.74) is -2.33. The number of aliphatic hydroxyl groups excluding tert-OH is 1. The van der Waals surface area contributed by atoms with Crippen molar-refractivity contribution in [1.82, 2.24) is 0 Å². The zero-order valence-corrected chi connectivity index (χ0v) is 10.9. The van der Waals surface area contributed by atoms with E-state index >= 15 is 0 Å². The van der Waals surface area contributed by atoms with E-state index in [1.165, 1.54) is 13.8 Å². The number of rotatable bonds is 6. The van der Waals surface area contributed by atoms with Crippen LogP contribution in [0.3, 0.4) is 0 Å². The van der Waals surface area contributed by atoms with Gasteiger partial charge in [-0.05, 0) is 0 Å². The van der Waals surface area contributed by atoms with E-state index in [0.717, 1.165) is 0 Å². The Morgan fingerprint density at radius 2 is 1.71 bits per heavy atom. The summed E-state index contributed by atoms with van der Waals surface area (Å²) in [5.74, 6) is -2.86. The highest BCUT2D eigenvalue weighted by Crippen LogP contribution is 2.25. The molecule has 2 unspecified atom stereocenters. The molecule has 17 heavy (non-hydrogen) atoms. The van der Waals surface area contributed by atoms with Crippen molar-refractivity contribution in [2.45, 2.75) is 32.1 Å². The highest BCUT2D eigenvalue weighted by atomic mass is 16.4. The zero-order valence-electron chi connectivity index (χ0n) is 10.9. The van der Waals surface area contributed by atoms with Crippen LogP contribution in [-0.2, 0) is 9.59 Å². The second-order valence-corrected chi connectivity index (χ2v) is 5.48. The third-order valence-electron chi connectivity index (χ3n) is 2.53. The molecule has 0 saturated heterocycles. The number of quaternary nitrogens is 1. The minimum Gasteiger partial charge on any atom is -0.550 e. The van der Waals surface area contributed by atoms with Crippen molar-refractivity contribution in [2.75, 3.05) is 21.1 Å². The van der Waals surface area contributed by atoms with Crippen LogP contribution in [0.1, 0.15) is 20.3 Å². The van der Waals surface area contributed by atoms with Crippen LogP contribution in [0.4, 0.5) is 0 Å². The normalized spacial score (nSPS) is 17.6. The molecule has 0 spiro atoms. The third-order valence-corrected chi connectivity index (χ3v) is 2.53. The van der Waals surface area contributed by atoms with Crippen LogP contribution in [0.25, 0.3) is 0 Å². The Kier molecular flexibility index (Phi) is 4.82. The molecule has 0 aliphatic carbocycles. The first-order chi connectivity index (χ1) is 7.43. The molecule has 0 saturated carbocycles. The molecule has 6 heteroatoms. The summed E-state index contributed by atoms with van der Waals surface area (Å²) in [7, 11) is 4.66. The highest BCUT2D eigenvalue weighted by Gasteiger charge is 2.50. The average Bonchev–Trinajstić information content (AvgIpc) is 2.12. The van der Waals surface area contributed by atoms with Crippen molar-refractivity contribution in [1.29, 1.82) is 0 Å². The van der Waals surface area contributed by atoms with Gasteiger partial charge in [-0.1, -0.05) is 13.8 Å². The van der Waals surface area contributed by atoms with Crippen molar-refractivity contribution < 1.29 is 29.4 Å². The van der Waals surface area contributed by atoms with Gasteiger partial charge in [-0.3, -0.25) is 4.79 Å². The predicted octanol–water partition coefficient (Wildman–Crippen LogP) is -1.89. The Bertz CT molecular complexity index is 307. The van der Waals surface area contributed by atoms with Crippen LogP contribution in [-0.4, -0.2) is 59.4 Å². The van der Waals surface area contributed by atoms with Gasteiger partial charge in [0, 0.05) is 18.3 Å². The number of likely N-dealkylation sites (N-methyl/N-ethyl adjacent to an activating group) is 1. The molecule has 6 nitrogen and oxygen atoms in total. The van der Waals surface area contributed by atoms with Gasteiger partial charge >= 0.3 is 0 Å². The van der Waals surface area contributed by atoms with Gasteiger partial charge in [0.1, 0.15) is 0 Å². The first-order valence-electron chi connectivity index (χ1n) is 5.38. The fourth-order valence-electron chi connectivity index (χ4n) is 1.67. The molecular formula is C11H21NO5. The maximum absolute atomic E-state index is 11.9. The fraction of sp³-hybridized carbons (Fsp3) is 0.818. The number of carbonyl (C=O) groups is 2. The zero-order chi connectivity index (χ0) is 14.0. The molecule has 0 rings (SSSR count). The van der Waals surface area contributed by atoms with Crippen LogP contribution in [0.2, 0.25) is 0 Å². The SMILES string of the molecule is CC(C)C(=O)C(O)(CC(=O)[O-])C(O)[N+](C)(C)C. The van der Waals surface area contributed by atoms with Gasteiger partial charge in [0.15, 0.2) is 5.78 Å². The Morgan fingerprint density at radius 3 is 1.94 bits per heavy atom. The summed E-state index contributed by atoms with van der Waals surface area (Å²) >= 11 is 0. The average molecular weight is 247 g/mol. The van der Waals surface area contributed by atoms with Gasteiger partial charge in [-0.15, -0.1) is 0 Å². The minimum absolute atomic E-state index is 0.151. The lowest BCUT2D eigenvalue weighted by Gasteiger charge is -2.40. The van der Waals surface area contributed by atoms with E-state index in [9.17, 15) is 24.9 Å². The van der Waals surface area contributed by atoms with Crippen molar-refractivity contribution in [3.05, 3.63) is 0 Å². The number of Topliss-reactive ketones (excluding diaryl/α,β-unsaturated/α-hetero) is 1. The summed E-state index contributed by atoms with van der Waals surface area (Å²) in [4.78, 5) is 22.5. The Morgan fingerprint density at radius 1 is 1.29 bits per heavy atom. The summed E-state index contributed by atoms with van der Waals surface area (Å²) in [6, 6.07) is 0. The molecule has 2 atom stereocenters. The van der Waals surface area contributed by atoms with E-state index in [1.807, 2.05) is 0 Å². The number of ketones is 1. The first kappa shape index (κ1) is 16.0. The van der Waals surface area contributed by atoms with Crippen molar-refractivity contribution in [3.63, 3.8) is 0 Å². The number of carboxylic acids is 1. The molecule has 0 aromatic heterocycles. The lowest BCUT2D eigenvalue weighted by molar-refractivity contribution is -0.925. The van der Waals surface area contributed by atoms with Crippen LogP contribution < -0.4 is 5.11 Å². The molecule has 0 aliphatic rings. The fourth-order valence-corrected chi connectivity index (χ4v) is 1.67. The number of hydrogen-bond donors (Lipinski definition) is 2. The van der Waals surface area contributed by atoms with E-state index in [1.54, 1.807) is 21.1 Å². The molecule has 0 amide bonds. The second kappa shape index (κ2) is 5.12. The Hall–Kier alpha value is -0.980. The topological polar surface area (TPSA) is 97.7 Å². The smallest absolute Gasteiger partial charge is 0.227 e. The molecule has 2 N–H and O–H groups in total. The number of carboxylic acid groups (broad SMARTS) is 1. The van der Waals surface area contributed by atoms with Gasteiger partial charge in [-0.2, -0.15) is 0 Å². The van der Waals surface area contributed by atoms with E-state index in [0.29, 0.717) is 0 Å². The second-order valence-electron chi connectivity index (χ2n) is 5.48. The summed E-state index contributed by atoms with van der Waals surface area (Å²) in [5, 5.41) is 30.8. The van der Waals surface area contributed by atoms with Gasteiger partial charge < -0.3 is 24.6 Å². The standard InChI is InChI=1S/C11H21NO5/c1-7(2)9(15)11(17,6-8(13)14)10(16)12(3,4)5/h7,10,16-17H,6H2,1-5H3. The number of aliphatic hydroxyl groups is 2. The quantitative estimate of drug-likeness (QED) is 0.422.